The summed E-state index contributed by atoms with van der Waals surface area (Å²) < 4.78 is 43.6. The fourth-order valence-corrected chi connectivity index (χ4v) is 4.21. The Bertz CT molecular complexity index is 1400. The minimum absolute atomic E-state index is 0.0265. The minimum Gasteiger partial charge on any atom is -0.447 e. The molecule has 3 aromatic rings. The number of rotatable bonds is 5. The number of aryl methyl sites for hydroxylation is 1. The first kappa shape index (κ1) is 24.2. The van der Waals surface area contributed by atoms with Gasteiger partial charge in [0.2, 0.25) is 23.4 Å². The van der Waals surface area contributed by atoms with Gasteiger partial charge in [0.15, 0.2) is 5.82 Å². The lowest BCUT2D eigenvalue weighted by molar-refractivity contribution is -0.141. The fraction of sp³-hybridized carbons (Fsp3) is 0.333. The maximum atomic E-state index is 12.7. The van der Waals surface area contributed by atoms with Gasteiger partial charge in [-0.3, -0.25) is 4.79 Å². The van der Waals surface area contributed by atoms with Crippen molar-refractivity contribution in [3.8, 4) is 11.6 Å². The van der Waals surface area contributed by atoms with E-state index in [1.165, 1.54) is 6.20 Å². The summed E-state index contributed by atoms with van der Waals surface area (Å²) in [5.74, 6) is 1.10. The third kappa shape index (κ3) is 4.57. The standard InChI is InChI=1S/C24H21F3N8O2/c1-13-22(36)35-8-4-5-16-19(35)20(34(13)3)33-23(32-16)31-11-14-9-17(28-2)21(30-10-14)37-15-6-7-18(29-12-15)24(25,26)27/h6-7,9-10,12-13H,4-5,8,11H2,1,3H3,(H,31,32,33)/t13-/m0/s1. The third-order valence-electron chi connectivity index (χ3n) is 6.24. The van der Waals surface area contributed by atoms with Crippen LogP contribution in [0.15, 0.2) is 30.6 Å². The number of carbonyl (C=O) groups excluding carboxylic acids is 1. The van der Waals surface area contributed by atoms with Crippen molar-refractivity contribution in [3.63, 3.8) is 0 Å². The molecule has 0 fully saturated rings. The quantitative estimate of drug-likeness (QED) is 0.506. The predicted molar refractivity (Wildman–Crippen MR) is 128 cm³/mol. The zero-order valence-corrected chi connectivity index (χ0v) is 19.9. The smallest absolute Gasteiger partial charge is 0.433 e. The van der Waals surface area contributed by atoms with Crippen LogP contribution in [0, 0.1) is 6.57 Å². The van der Waals surface area contributed by atoms with E-state index < -0.39 is 11.9 Å². The summed E-state index contributed by atoms with van der Waals surface area (Å²) in [5, 5.41) is 3.16. The summed E-state index contributed by atoms with van der Waals surface area (Å²) in [6, 6.07) is 3.15. The van der Waals surface area contributed by atoms with Crippen molar-refractivity contribution in [1.29, 1.82) is 0 Å². The number of likely N-dealkylation sites (N-methyl/N-ethyl adjacent to an activating group) is 1. The molecule has 0 aromatic carbocycles. The number of ether oxygens (including phenoxy) is 1. The van der Waals surface area contributed by atoms with Crippen LogP contribution in [0.1, 0.15) is 30.3 Å². The Morgan fingerprint density at radius 2 is 2.05 bits per heavy atom. The average Bonchev–Trinajstić information content (AvgIpc) is 2.89. The average molecular weight is 510 g/mol. The Morgan fingerprint density at radius 1 is 1.24 bits per heavy atom. The van der Waals surface area contributed by atoms with Gasteiger partial charge in [-0.25, -0.2) is 19.8 Å². The molecule has 2 aliphatic rings. The molecule has 0 radical (unpaired) electrons. The van der Waals surface area contributed by atoms with Crippen LogP contribution in [0.3, 0.4) is 0 Å². The number of pyridine rings is 2. The number of amides is 1. The van der Waals surface area contributed by atoms with E-state index in [0.717, 1.165) is 42.6 Å². The number of anilines is 3. The molecule has 10 nitrogen and oxygen atoms in total. The van der Waals surface area contributed by atoms with Gasteiger partial charge in [0, 0.05) is 26.3 Å². The lowest BCUT2D eigenvalue weighted by Crippen LogP contribution is -2.53. The minimum atomic E-state index is -4.56. The molecule has 5 rings (SSSR count). The van der Waals surface area contributed by atoms with Crippen LogP contribution in [0.25, 0.3) is 4.85 Å². The van der Waals surface area contributed by atoms with E-state index in [1.807, 2.05) is 18.9 Å². The highest BCUT2D eigenvalue weighted by atomic mass is 19.4. The van der Waals surface area contributed by atoms with Crippen molar-refractivity contribution >= 4 is 29.0 Å². The van der Waals surface area contributed by atoms with Crippen molar-refractivity contribution in [2.75, 3.05) is 28.7 Å². The van der Waals surface area contributed by atoms with Crippen molar-refractivity contribution in [2.45, 2.75) is 38.5 Å². The van der Waals surface area contributed by atoms with Crippen LogP contribution in [-0.4, -0.2) is 45.5 Å². The molecule has 3 aromatic heterocycles. The molecule has 13 heteroatoms. The molecule has 0 spiro atoms. The second-order valence-electron chi connectivity index (χ2n) is 8.66. The van der Waals surface area contributed by atoms with E-state index in [1.54, 1.807) is 11.0 Å². The molecule has 190 valence electrons. The van der Waals surface area contributed by atoms with Crippen LogP contribution >= 0.6 is 0 Å². The van der Waals surface area contributed by atoms with E-state index in [0.29, 0.717) is 23.9 Å². The molecule has 0 saturated carbocycles. The molecule has 37 heavy (non-hydrogen) atoms. The molecule has 0 saturated heterocycles. The molecular weight excluding hydrogens is 489 g/mol. The largest absolute Gasteiger partial charge is 0.447 e. The lowest BCUT2D eigenvalue weighted by atomic mass is 10.0. The van der Waals surface area contributed by atoms with Gasteiger partial charge in [-0.1, -0.05) is 0 Å². The lowest BCUT2D eigenvalue weighted by Gasteiger charge is -2.41. The van der Waals surface area contributed by atoms with E-state index in [-0.39, 0.29) is 35.8 Å². The van der Waals surface area contributed by atoms with Crippen LogP contribution in [0.4, 0.5) is 36.3 Å². The predicted octanol–water partition coefficient (Wildman–Crippen LogP) is 4.36. The zero-order valence-electron chi connectivity index (χ0n) is 19.9. The molecule has 1 N–H and O–H groups in total. The summed E-state index contributed by atoms with van der Waals surface area (Å²) in [7, 11) is 1.83. The molecule has 1 amide bonds. The molecule has 0 unspecified atom stereocenters. The first-order valence-corrected chi connectivity index (χ1v) is 11.4. The first-order valence-electron chi connectivity index (χ1n) is 11.4. The highest BCUT2D eigenvalue weighted by Gasteiger charge is 2.38. The highest BCUT2D eigenvalue weighted by molar-refractivity contribution is 6.05. The van der Waals surface area contributed by atoms with Crippen molar-refractivity contribution < 1.29 is 22.7 Å². The number of hydrogen-bond donors (Lipinski definition) is 1. The van der Waals surface area contributed by atoms with E-state index in [9.17, 15) is 18.0 Å². The number of alkyl halides is 3. The van der Waals surface area contributed by atoms with E-state index >= 15 is 0 Å². The van der Waals surface area contributed by atoms with Crippen LogP contribution in [0.2, 0.25) is 0 Å². The normalized spacial score (nSPS) is 16.8. The molecule has 0 aliphatic carbocycles. The van der Waals surface area contributed by atoms with E-state index in [4.69, 9.17) is 11.3 Å². The van der Waals surface area contributed by atoms with Crippen LogP contribution < -0.4 is 19.9 Å². The maximum Gasteiger partial charge on any atom is 0.433 e. The Morgan fingerprint density at radius 3 is 2.76 bits per heavy atom. The van der Waals surface area contributed by atoms with Gasteiger partial charge in [0.25, 0.3) is 0 Å². The number of nitrogens with zero attached hydrogens (tertiary/aromatic N) is 7. The Hall–Kier alpha value is -4.47. The van der Waals surface area contributed by atoms with Gasteiger partial charge in [-0.2, -0.15) is 18.2 Å². The Kier molecular flexibility index (Phi) is 6.02. The second-order valence-corrected chi connectivity index (χ2v) is 8.66. The van der Waals surface area contributed by atoms with Gasteiger partial charge in [-0.15, -0.1) is 0 Å². The summed E-state index contributed by atoms with van der Waals surface area (Å²) in [6.45, 7) is 10.2. The number of aromatic nitrogens is 4. The number of halogens is 3. The second kappa shape index (κ2) is 9.20. The molecule has 1 atom stereocenters. The summed E-state index contributed by atoms with van der Waals surface area (Å²) in [5.41, 5.74) is 1.26. The number of hydrogen-bond acceptors (Lipinski definition) is 8. The summed E-state index contributed by atoms with van der Waals surface area (Å²) >= 11 is 0. The van der Waals surface area contributed by atoms with Crippen molar-refractivity contribution in [2.24, 2.45) is 0 Å². The van der Waals surface area contributed by atoms with Crippen LogP contribution in [-0.2, 0) is 23.9 Å². The monoisotopic (exact) mass is 510 g/mol. The Labute approximate surface area is 210 Å². The fourth-order valence-electron chi connectivity index (χ4n) is 4.21. The van der Waals surface area contributed by atoms with Gasteiger partial charge >= 0.3 is 6.18 Å². The number of carbonyl (C=O) groups is 1. The van der Waals surface area contributed by atoms with Gasteiger partial charge < -0.3 is 19.9 Å². The molecule has 5 heterocycles. The van der Waals surface area contributed by atoms with Crippen molar-refractivity contribution in [1.82, 2.24) is 19.9 Å². The van der Waals surface area contributed by atoms with Crippen LogP contribution in [0.5, 0.6) is 11.6 Å². The number of nitrogens with one attached hydrogen (secondary N) is 1. The third-order valence-corrected chi connectivity index (χ3v) is 6.24. The van der Waals surface area contributed by atoms with E-state index in [2.05, 4.69) is 30.1 Å². The van der Waals surface area contributed by atoms with Gasteiger partial charge in [0.1, 0.15) is 23.2 Å². The summed E-state index contributed by atoms with van der Waals surface area (Å²) in [6.07, 6.45) is -0.582. The first-order chi connectivity index (χ1) is 17.7. The van der Waals surface area contributed by atoms with Gasteiger partial charge in [0.05, 0.1) is 18.5 Å². The summed E-state index contributed by atoms with van der Waals surface area (Å²) in [4.78, 5) is 36.5. The topological polar surface area (TPSA) is 101 Å². The Balaban J connectivity index is 1.33. The van der Waals surface area contributed by atoms with Gasteiger partial charge in [-0.05, 0) is 43.5 Å². The molecule has 2 aliphatic heterocycles. The highest BCUT2D eigenvalue weighted by Crippen LogP contribution is 2.40. The zero-order chi connectivity index (χ0) is 26.3. The SMILES string of the molecule is [C-]#[N+]c1cc(CNc2nc3c4c(n2)N(C)[C@@H](C)C(=O)N4CCC3)cnc1Oc1ccc(C(F)(F)F)nc1. The molecular formula is C24H21F3N8O2. The van der Waals surface area contributed by atoms with Crippen molar-refractivity contribution in [3.05, 3.63) is 59.0 Å². The maximum absolute atomic E-state index is 12.7. The molecule has 0 bridgehead atoms.